The number of pyridine rings is 2. The van der Waals surface area contributed by atoms with Gasteiger partial charge in [-0.15, -0.1) is 0 Å². The highest BCUT2D eigenvalue weighted by Crippen LogP contribution is 2.30. The van der Waals surface area contributed by atoms with E-state index in [1.54, 1.807) is 12.3 Å². The summed E-state index contributed by atoms with van der Waals surface area (Å²) >= 11 is 3.50. The molecule has 1 N–H and O–H groups in total. The standard InChI is InChI=1S/C20H21BrN4O2/c21-18-2-1-14(27-18)12-24-8-4-13(5-9-24)25-10-6-17(26)16-11-23-20-15(19(16)25)3-7-22-20/h1,3,6-7,10-11,13,18H,2,4-5,8-9,12H2,(H,22,23). The zero-order chi connectivity index (χ0) is 18.4. The number of hydrogen-bond acceptors (Lipinski definition) is 4. The van der Waals surface area contributed by atoms with Gasteiger partial charge in [0.05, 0.1) is 17.4 Å². The molecular formula is C20H21BrN4O2. The van der Waals surface area contributed by atoms with Crippen molar-refractivity contribution in [1.82, 2.24) is 19.4 Å². The molecule has 1 saturated heterocycles. The number of likely N-dealkylation sites (tertiary alicyclic amines) is 1. The van der Waals surface area contributed by atoms with Crippen LogP contribution in [0.25, 0.3) is 21.9 Å². The van der Waals surface area contributed by atoms with Gasteiger partial charge in [0.1, 0.15) is 11.4 Å². The Labute approximate surface area is 165 Å². The molecule has 0 spiro atoms. The lowest BCUT2D eigenvalue weighted by molar-refractivity contribution is 0.149. The van der Waals surface area contributed by atoms with E-state index in [0.717, 1.165) is 61.2 Å². The van der Waals surface area contributed by atoms with E-state index >= 15 is 0 Å². The monoisotopic (exact) mass is 428 g/mol. The Kier molecular flexibility index (Phi) is 4.28. The van der Waals surface area contributed by atoms with Gasteiger partial charge in [-0.3, -0.25) is 9.69 Å². The van der Waals surface area contributed by atoms with Gasteiger partial charge in [-0.05, 0) is 40.9 Å². The number of fused-ring (bicyclic) bond motifs is 3. The van der Waals surface area contributed by atoms with Crippen LogP contribution in [0.1, 0.15) is 25.3 Å². The highest BCUT2D eigenvalue weighted by atomic mass is 79.9. The molecule has 3 aromatic heterocycles. The number of piperidine rings is 1. The smallest absolute Gasteiger partial charge is 0.190 e. The van der Waals surface area contributed by atoms with Crippen molar-refractivity contribution in [3.05, 3.63) is 52.8 Å². The minimum Gasteiger partial charge on any atom is -0.482 e. The summed E-state index contributed by atoms with van der Waals surface area (Å²) in [6.45, 7) is 2.92. The molecule has 6 nitrogen and oxygen atoms in total. The minimum absolute atomic E-state index is 0.0314. The molecule has 0 amide bonds. The molecule has 140 valence electrons. The minimum atomic E-state index is 0.0314. The number of aromatic amines is 1. The van der Waals surface area contributed by atoms with Crippen molar-refractivity contribution in [3.8, 4) is 0 Å². The first-order valence-electron chi connectivity index (χ1n) is 9.38. The summed E-state index contributed by atoms with van der Waals surface area (Å²) < 4.78 is 8.05. The summed E-state index contributed by atoms with van der Waals surface area (Å²) in [7, 11) is 0. The SMILES string of the molecule is O=c1ccn(C2CCN(CC3=CCC(Br)O3)CC2)c2c1cnc1[nH]ccc12. The first kappa shape index (κ1) is 17.0. The van der Waals surface area contributed by atoms with E-state index in [1.807, 2.05) is 18.5 Å². The van der Waals surface area contributed by atoms with Crippen molar-refractivity contribution in [2.24, 2.45) is 0 Å². The highest BCUT2D eigenvalue weighted by Gasteiger charge is 2.24. The van der Waals surface area contributed by atoms with Gasteiger partial charge in [-0.2, -0.15) is 0 Å². The van der Waals surface area contributed by atoms with Crippen molar-refractivity contribution in [2.45, 2.75) is 30.3 Å². The van der Waals surface area contributed by atoms with E-state index in [9.17, 15) is 4.79 Å². The molecule has 0 aromatic carbocycles. The van der Waals surface area contributed by atoms with E-state index in [-0.39, 0.29) is 10.4 Å². The van der Waals surface area contributed by atoms with Crippen LogP contribution in [-0.2, 0) is 4.74 Å². The second kappa shape index (κ2) is 6.80. The van der Waals surface area contributed by atoms with Crippen molar-refractivity contribution < 1.29 is 4.74 Å². The van der Waals surface area contributed by atoms with Gasteiger partial charge in [0.25, 0.3) is 0 Å². The zero-order valence-corrected chi connectivity index (χ0v) is 16.5. The Morgan fingerprint density at radius 1 is 1.26 bits per heavy atom. The van der Waals surface area contributed by atoms with Crippen LogP contribution in [0, 0.1) is 0 Å². The quantitative estimate of drug-likeness (QED) is 0.647. The molecule has 5 rings (SSSR count). The second-order valence-corrected chi connectivity index (χ2v) is 8.31. The fourth-order valence-corrected chi connectivity index (χ4v) is 4.66. The molecule has 2 aliphatic rings. The van der Waals surface area contributed by atoms with E-state index in [0.29, 0.717) is 11.4 Å². The van der Waals surface area contributed by atoms with Crippen molar-refractivity contribution >= 4 is 37.9 Å². The van der Waals surface area contributed by atoms with Gasteiger partial charge < -0.3 is 14.3 Å². The Morgan fingerprint density at radius 2 is 2.11 bits per heavy atom. The Balaban J connectivity index is 1.41. The summed E-state index contributed by atoms with van der Waals surface area (Å²) in [5, 5.41) is 1.84. The molecule has 7 heteroatoms. The summed E-state index contributed by atoms with van der Waals surface area (Å²) in [6, 6.07) is 4.06. The average Bonchev–Trinajstić information content (AvgIpc) is 3.31. The number of nitrogens with zero attached hydrogens (tertiary/aromatic N) is 3. The molecular weight excluding hydrogens is 408 g/mol. The third-order valence-electron chi connectivity index (χ3n) is 5.61. The molecule has 0 aliphatic carbocycles. The predicted octanol–water partition coefficient (Wildman–Crippen LogP) is 3.54. The Bertz CT molecular complexity index is 1080. The van der Waals surface area contributed by atoms with E-state index < -0.39 is 0 Å². The Hall–Kier alpha value is -2.12. The van der Waals surface area contributed by atoms with Gasteiger partial charge in [0.15, 0.2) is 10.4 Å². The van der Waals surface area contributed by atoms with Crippen molar-refractivity contribution in [2.75, 3.05) is 19.6 Å². The van der Waals surface area contributed by atoms with Gasteiger partial charge in [0.2, 0.25) is 0 Å². The summed E-state index contributed by atoms with van der Waals surface area (Å²) in [6.07, 6.45) is 10.8. The normalized spacial score (nSPS) is 21.7. The average molecular weight is 429 g/mol. The van der Waals surface area contributed by atoms with Crippen LogP contribution in [0.2, 0.25) is 0 Å². The maximum absolute atomic E-state index is 12.4. The van der Waals surface area contributed by atoms with Crippen LogP contribution >= 0.6 is 15.9 Å². The Morgan fingerprint density at radius 3 is 2.89 bits per heavy atom. The number of hydrogen-bond donors (Lipinski definition) is 1. The second-order valence-electron chi connectivity index (χ2n) is 7.29. The largest absolute Gasteiger partial charge is 0.482 e. The number of halogens is 1. The fourth-order valence-electron chi connectivity index (χ4n) is 4.23. The molecule has 2 aliphatic heterocycles. The number of H-pyrrole nitrogens is 1. The number of ether oxygens (including phenoxy) is 1. The number of rotatable bonds is 3. The number of nitrogens with one attached hydrogen (secondary N) is 1. The molecule has 1 atom stereocenters. The van der Waals surface area contributed by atoms with Gasteiger partial charge in [-0.25, -0.2) is 4.98 Å². The summed E-state index contributed by atoms with van der Waals surface area (Å²) in [5.74, 6) is 1.07. The molecule has 1 unspecified atom stereocenters. The molecule has 0 saturated carbocycles. The molecule has 3 aromatic rings. The van der Waals surface area contributed by atoms with Crippen LogP contribution in [0.4, 0.5) is 0 Å². The molecule has 27 heavy (non-hydrogen) atoms. The van der Waals surface area contributed by atoms with E-state index in [1.165, 1.54) is 0 Å². The van der Waals surface area contributed by atoms with Gasteiger partial charge >= 0.3 is 0 Å². The lowest BCUT2D eigenvalue weighted by Crippen LogP contribution is -2.36. The van der Waals surface area contributed by atoms with Gasteiger partial charge in [-0.1, -0.05) is 0 Å². The number of alkyl halides is 1. The summed E-state index contributed by atoms with van der Waals surface area (Å²) in [4.78, 5) is 22.3. The number of aromatic nitrogens is 3. The van der Waals surface area contributed by atoms with Crippen LogP contribution in [0.3, 0.4) is 0 Å². The highest BCUT2D eigenvalue weighted by molar-refractivity contribution is 9.09. The third kappa shape index (κ3) is 3.08. The third-order valence-corrected chi connectivity index (χ3v) is 6.17. The lowest BCUT2D eigenvalue weighted by Gasteiger charge is -2.34. The lowest BCUT2D eigenvalue weighted by atomic mass is 10.0. The molecule has 5 heterocycles. The molecule has 0 radical (unpaired) electrons. The van der Waals surface area contributed by atoms with E-state index in [4.69, 9.17) is 4.74 Å². The first-order valence-corrected chi connectivity index (χ1v) is 10.3. The van der Waals surface area contributed by atoms with Crippen molar-refractivity contribution in [1.29, 1.82) is 0 Å². The van der Waals surface area contributed by atoms with Crippen LogP contribution in [0.5, 0.6) is 0 Å². The van der Waals surface area contributed by atoms with E-state index in [2.05, 4.69) is 41.4 Å². The molecule has 1 fully saturated rings. The van der Waals surface area contributed by atoms with Crippen LogP contribution < -0.4 is 5.43 Å². The van der Waals surface area contributed by atoms with Crippen LogP contribution in [-0.4, -0.2) is 44.1 Å². The zero-order valence-electron chi connectivity index (χ0n) is 14.9. The predicted molar refractivity (Wildman–Crippen MR) is 109 cm³/mol. The van der Waals surface area contributed by atoms with Gasteiger partial charge in [0, 0.05) is 55.6 Å². The van der Waals surface area contributed by atoms with Crippen LogP contribution in [0.15, 0.2) is 47.4 Å². The molecule has 0 bridgehead atoms. The fraction of sp³-hybridized carbons (Fsp3) is 0.400. The maximum atomic E-state index is 12.4. The first-order chi connectivity index (χ1) is 13.2. The summed E-state index contributed by atoms with van der Waals surface area (Å²) in [5.41, 5.74) is 1.86. The topological polar surface area (TPSA) is 63.1 Å². The van der Waals surface area contributed by atoms with Crippen molar-refractivity contribution in [3.63, 3.8) is 0 Å². The maximum Gasteiger partial charge on any atom is 0.190 e.